The van der Waals surface area contributed by atoms with Crippen molar-refractivity contribution in [1.82, 2.24) is 10.2 Å². The van der Waals surface area contributed by atoms with Crippen LogP contribution in [0.15, 0.2) is 16.5 Å². The number of nitrogens with zero attached hydrogens (tertiary/aromatic N) is 1. The molecule has 1 heterocycles. The Labute approximate surface area is 98.8 Å². The largest absolute Gasteiger partial charge is 0.465 e. The third-order valence-corrected chi connectivity index (χ3v) is 2.59. The van der Waals surface area contributed by atoms with Gasteiger partial charge >= 0.3 is 0 Å². The van der Waals surface area contributed by atoms with Gasteiger partial charge < -0.3 is 9.73 Å². The average Bonchev–Trinajstić information content (AvgIpc) is 2.60. The van der Waals surface area contributed by atoms with Gasteiger partial charge in [-0.25, -0.2) is 0 Å². The first kappa shape index (κ1) is 13.3. The van der Waals surface area contributed by atoms with Crippen LogP contribution in [0.25, 0.3) is 0 Å². The third-order valence-electron chi connectivity index (χ3n) is 2.59. The fraction of sp³-hybridized carbons (Fsp3) is 0.692. The molecule has 0 amide bonds. The van der Waals surface area contributed by atoms with E-state index in [-0.39, 0.29) is 0 Å². The molecule has 3 heteroatoms. The van der Waals surface area contributed by atoms with Crippen molar-refractivity contribution in [3.8, 4) is 0 Å². The van der Waals surface area contributed by atoms with Crippen LogP contribution >= 0.6 is 0 Å². The summed E-state index contributed by atoms with van der Waals surface area (Å²) in [6.07, 6.45) is 0. The lowest BCUT2D eigenvalue weighted by molar-refractivity contribution is 0.253. The monoisotopic (exact) mass is 224 g/mol. The highest BCUT2D eigenvalue weighted by molar-refractivity contribution is 5.05. The second kappa shape index (κ2) is 6.71. The Morgan fingerprint density at radius 2 is 2.19 bits per heavy atom. The highest BCUT2D eigenvalue weighted by Gasteiger charge is 2.08. The summed E-state index contributed by atoms with van der Waals surface area (Å²) in [6.45, 7) is 10.5. The summed E-state index contributed by atoms with van der Waals surface area (Å²) in [6, 6.07) is 4.08. The first-order valence-corrected chi connectivity index (χ1v) is 6.06. The molecule has 0 aromatic carbocycles. The summed E-state index contributed by atoms with van der Waals surface area (Å²) in [5, 5.41) is 3.37. The highest BCUT2D eigenvalue weighted by Crippen LogP contribution is 2.09. The van der Waals surface area contributed by atoms with Crippen molar-refractivity contribution in [2.45, 2.75) is 27.3 Å². The Bertz CT molecular complexity index is 296. The van der Waals surface area contributed by atoms with Gasteiger partial charge in [-0.15, -0.1) is 0 Å². The molecule has 1 unspecified atom stereocenters. The molecule has 1 aromatic rings. The van der Waals surface area contributed by atoms with Crippen LogP contribution in [0, 0.1) is 12.8 Å². The minimum atomic E-state index is 0.668. The molecule has 0 fully saturated rings. The van der Waals surface area contributed by atoms with Crippen LogP contribution in [-0.2, 0) is 6.54 Å². The van der Waals surface area contributed by atoms with E-state index in [1.165, 1.54) is 0 Å². The molecule has 16 heavy (non-hydrogen) atoms. The maximum Gasteiger partial charge on any atom is 0.118 e. The predicted molar refractivity (Wildman–Crippen MR) is 67.5 cm³/mol. The zero-order valence-electron chi connectivity index (χ0n) is 10.9. The van der Waals surface area contributed by atoms with E-state index in [0.717, 1.165) is 37.7 Å². The van der Waals surface area contributed by atoms with Crippen LogP contribution < -0.4 is 5.32 Å². The summed E-state index contributed by atoms with van der Waals surface area (Å²) in [4.78, 5) is 2.31. The number of hydrogen-bond acceptors (Lipinski definition) is 3. The van der Waals surface area contributed by atoms with E-state index in [1.54, 1.807) is 0 Å². The minimum absolute atomic E-state index is 0.668. The van der Waals surface area contributed by atoms with E-state index in [0.29, 0.717) is 5.92 Å². The van der Waals surface area contributed by atoms with Crippen molar-refractivity contribution in [1.29, 1.82) is 0 Å². The van der Waals surface area contributed by atoms with Crippen LogP contribution in [0.5, 0.6) is 0 Å². The number of aryl methyl sites for hydroxylation is 1. The SMILES string of the molecule is CCNCC(C)CN(C)Cc1ccc(C)o1. The van der Waals surface area contributed by atoms with E-state index in [1.807, 2.05) is 13.0 Å². The van der Waals surface area contributed by atoms with Crippen molar-refractivity contribution in [2.24, 2.45) is 5.92 Å². The Balaban J connectivity index is 2.27. The van der Waals surface area contributed by atoms with Gasteiger partial charge in [-0.05, 0) is 45.1 Å². The molecule has 0 saturated carbocycles. The Kier molecular flexibility index (Phi) is 5.56. The second-order valence-electron chi connectivity index (χ2n) is 4.62. The molecular formula is C13H24N2O. The van der Waals surface area contributed by atoms with E-state index < -0.39 is 0 Å². The number of nitrogens with one attached hydrogen (secondary N) is 1. The number of furan rings is 1. The normalized spacial score (nSPS) is 13.3. The van der Waals surface area contributed by atoms with Gasteiger partial charge in [0.2, 0.25) is 0 Å². The van der Waals surface area contributed by atoms with Crippen molar-refractivity contribution in [3.63, 3.8) is 0 Å². The second-order valence-corrected chi connectivity index (χ2v) is 4.62. The van der Waals surface area contributed by atoms with Crippen LogP contribution in [0.2, 0.25) is 0 Å². The van der Waals surface area contributed by atoms with Crippen molar-refractivity contribution in [2.75, 3.05) is 26.7 Å². The van der Waals surface area contributed by atoms with Gasteiger partial charge in [0.1, 0.15) is 11.5 Å². The molecule has 1 N–H and O–H groups in total. The molecule has 0 saturated heterocycles. The third kappa shape index (κ3) is 4.81. The standard InChI is InChI=1S/C13H24N2O/c1-5-14-8-11(2)9-15(4)10-13-7-6-12(3)16-13/h6-7,11,14H,5,8-10H2,1-4H3. The lowest BCUT2D eigenvalue weighted by atomic mass is 10.1. The summed E-state index contributed by atoms with van der Waals surface area (Å²) < 4.78 is 5.56. The molecular weight excluding hydrogens is 200 g/mol. The van der Waals surface area contributed by atoms with Gasteiger partial charge in [0.25, 0.3) is 0 Å². The van der Waals surface area contributed by atoms with E-state index in [9.17, 15) is 0 Å². The average molecular weight is 224 g/mol. The molecule has 0 aliphatic carbocycles. The fourth-order valence-corrected chi connectivity index (χ4v) is 1.89. The van der Waals surface area contributed by atoms with E-state index >= 15 is 0 Å². The fourth-order valence-electron chi connectivity index (χ4n) is 1.89. The van der Waals surface area contributed by atoms with Crippen molar-refractivity contribution < 1.29 is 4.42 Å². The summed E-state index contributed by atoms with van der Waals surface area (Å²) in [5.41, 5.74) is 0. The minimum Gasteiger partial charge on any atom is -0.465 e. The van der Waals surface area contributed by atoms with Crippen LogP contribution in [0.3, 0.4) is 0 Å². The Hall–Kier alpha value is -0.800. The van der Waals surface area contributed by atoms with Crippen LogP contribution in [-0.4, -0.2) is 31.6 Å². The maximum atomic E-state index is 5.56. The quantitative estimate of drug-likeness (QED) is 0.770. The molecule has 1 atom stereocenters. The van der Waals surface area contributed by atoms with Gasteiger partial charge in [0, 0.05) is 6.54 Å². The lowest BCUT2D eigenvalue weighted by Crippen LogP contribution is -2.30. The Morgan fingerprint density at radius 1 is 1.44 bits per heavy atom. The lowest BCUT2D eigenvalue weighted by Gasteiger charge is -2.20. The summed E-state index contributed by atoms with van der Waals surface area (Å²) >= 11 is 0. The van der Waals surface area contributed by atoms with Gasteiger partial charge in [0.05, 0.1) is 6.54 Å². The molecule has 0 radical (unpaired) electrons. The molecule has 1 rings (SSSR count). The molecule has 0 aliphatic rings. The molecule has 1 aromatic heterocycles. The first-order chi connectivity index (χ1) is 7.61. The molecule has 3 nitrogen and oxygen atoms in total. The molecule has 0 bridgehead atoms. The maximum absolute atomic E-state index is 5.56. The highest BCUT2D eigenvalue weighted by atomic mass is 16.3. The predicted octanol–water partition coefficient (Wildman–Crippen LogP) is 2.27. The van der Waals surface area contributed by atoms with Crippen LogP contribution in [0.4, 0.5) is 0 Å². The van der Waals surface area contributed by atoms with Gasteiger partial charge in [0.15, 0.2) is 0 Å². The van der Waals surface area contributed by atoms with Gasteiger partial charge in [-0.1, -0.05) is 13.8 Å². The van der Waals surface area contributed by atoms with Crippen molar-refractivity contribution >= 4 is 0 Å². The molecule has 92 valence electrons. The molecule has 0 spiro atoms. The zero-order chi connectivity index (χ0) is 12.0. The van der Waals surface area contributed by atoms with Crippen LogP contribution in [0.1, 0.15) is 25.4 Å². The number of rotatable bonds is 7. The van der Waals surface area contributed by atoms with Gasteiger partial charge in [-0.3, -0.25) is 4.90 Å². The Morgan fingerprint density at radius 3 is 2.75 bits per heavy atom. The van der Waals surface area contributed by atoms with E-state index in [2.05, 4.69) is 37.2 Å². The smallest absolute Gasteiger partial charge is 0.118 e. The van der Waals surface area contributed by atoms with Crippen molar-refractivity contribution in [3.05, 3.63) is 23.7 Å². The van der Waals surface area contributed by atoms with Gasteiger partial charge in [-0.2, -0.15) is 0 Å². The molecule has 0 aliphatic heterocycles. The summed E-state index contributed by atoms with van der Waals surface area (Å²) in [5.74, 6) is 2.71. The first-order valence-electron chi connectivity index (χ1n) is 6.06. The summed E-state index contributed by atoms with van der Waals surface area (Å²) in [7, 11) is 2.14. The number of hydrogen-bond donors (Lipinski definition) is 1. The zero-order valence-corrected chi connectivity index (χ0v) is 10.9. The van der Waals surface area contributed by atoms with E-state index in [4.69, 9.17) is 4.42 Å². The topological polar surface area (TPSA) is 28.4 Å².